The van der Waals surface area contributed by atoms with E-state index in [1.165, 1.54) is 27.3 Å². The van der Waals surface area contributed by atoms with E-state index in [4.69, 9.17) is 0 Å². The number of hydrogen-bond donors (Lipinski definition) is 0. The first kappa shape index (κ1) is 17.9. The molecule has 1 heteroatoms. The van der Waals surface area contributed by atoms with Crippen molar-refractivity contribution < 1.29 is 4.79 Å². The average molecular weight is 376 g/mol. The molecule has 1 aliphatic carbocycles. The Morgan fingerprint density at radius 3 is 2.07 bits per heavy atom. The van der Waals surface area contributed by atoms with Crippen molar-refractivity contribution >= 4 is 32.9 Å². The van der Waals surface area contributed by atoms with Crippen LogP contribution in [0, 0.1) is 11.3 Å². The van der Waals surface area contributed by atoms with Crippen molar-refractivity contribution in [1.82, 2.24) is 0 Å². The highest BCUT2D eigenvalue weighted by Gasteiger charge is 2.39. The van der Waals surface area contributed by atoms with E-state index in [2.05, 4.69) is 80.6 Å². The van der Waals surface area contributed by atoms with E-state index in [1.54, 1.807) is 0 Å². The fourth-order valence-corrected chi connectivity index (χ4v) is 4.85. The summed E-state index contributed by atoms with van der Waals surface area (Å²) in [6, 6.07) is 29.3. The zero-order valence-corrected chi connectivity index (χ0v) is 16.9. The first-order valence-corrected chi connectivity index (χ1v) is 10.3. The summed E-state index contributed by atoms with van der Waals surface area (Å²) in [5, 5.41) is 4.78. The highest BCUT2D eigenvalue weighted by molar-refractivity contribution is 6.06. The van der Waals surface area contributed by atoms with E-state index in [-0.39, 0.29) is 5.78 Å². The van der Waals surface area contributed by atoms with Gasteiger partial charge in [0.15, 0.2) is 5.78 Å². The van der Waals surface area contributed by atoms with Crippen LogP contribution in [0.15, 0.2) is 91.0 Å². The third-order valence-electron chi connectivity index (χ3n) is 6.35. The lowest BCUT2D eigenvalue weighted by atomic mass is 9.80. The number of rotatable bonds is 3. The van der Waals surface area contributed by atoms with Crippen LogP contribution in [0.1, 0.15) is 36.2 Å². The maximum Gasteiger partial charge on any atom is 0.172 e. The molecular formula is C28H24O. The molecular weight excluding hydrogens is 352 g/mol. The summed E-state index contributed by atoms with van der Waals surface area (Å²) >= 11 is 0. The Labute approximate surface area is 171 Å². The number of allylic oxidation sites excluding steroid dienone is 2. The van der Waals surface area contributed by atoms with E-state index in [9.17, 15) is 4.79 Å². The number of ketones is 1. The average Bonchev–Trinajstić information content (AvgIpc) is 3.08. The van der Waals surface area contributed by atoms with Crippen LogP contribution in [-0.4, -0.2) is 5.78 Å². The largest absolute Gasteiger partial charge is 0.293 e. The van der Waals surface area contributed by atoms with Gasteiger partial charge in [-0.15, -0.1) is 0 Å². The number of benzene rings is 4. The summed E-state index contributed by atoms with van der Waals surface area (Å²) in [6.45, 7) is 4.33. The van der Waals surface area contributed by atoms with Crippen molar-refractivity contribution in [1.29, 1.82) is 0 Å². The SMILES string of the molecule is C[C@@H]1C[C@](C)(C(=O)c2ccc3ccccc3c2)C=C1c1ccc2ccccc2c1. The Bertz CT molecular complexity index is 1280. The summed E-state index contributed by atoms with van der Waals surface area (Å²) in [7, 11) is 0. The second kappa shape index (κ2) is 6.70. The normalized spacial score (nSPS) is 21.4. The first-order chi connectivity index (χ1) is 14.0. The fraction of sp³-hybridized carbons (Fsp3) is 0.179. The number of hydrogen-bond acceptors (Lipinski definition) is 1. The van der Waals surface area contributed by atoms with Gasteiger partial charge in [-0.3, -0.25) is 4.79 Å². The van der Waals surface area contributed by atoms with Gasteiger partial charge in [-0.25, -0.2) is 0 Å². The molecule has 5 rings (SSSR count). The molecule has 0 heterocycles. The van der Waals surface area contributed by atoms with Crippen molar-refractivity contribution in [2.45, 2.75) is 20.3 Å². The minimum atomic E-state index is -0.469. The molecule has 0 N–H and O–H groups in total. The zero-order chi connectivity index (χ0) is 20.0. The molecule has 0 radical (unpaired) electrons. The summed E-state index contributed by atoms with van der Waals surface area (Å²) in [5.41, 5.74) is 2.84. The van der Waals surface area contributed by atoms with Crippen molar-refractivity contribution in [3.05, 3.63) is 102 Å². The van der Waals surface area contributed by atoms with E-state index in [0.717, 1.165) is 17.4 Å². The van der Waals surface area contributed by atoms with E-state index < -0.39 is 5.41 Å². The van der Waals surface area contributed by atoms with Gasteiger partial charge in [-0.2, -0.15) is 0 Å². The van der Waals surface area contributed by atoms with Gasteiger partial charge in [0.05, 0.1) is 0 Å². The van der Waals surface area contributed by atoms with Gasteiger partial charge in [-0.05, 0) is 64.1 Å². The highest BCUT2D eigenvalue weighted by atomic mass is 16.1. The molecule has 2 atom stereocenters. The molecule has 0 aromatic heterocycles. The van der Waals surface area contributed by atoms with Gasteiger partial charge in [-0.1, -0.05) is 85.8 Å². The van der Waals surface area contributed by atoms with Crippen LogP contribution in [0.3, 0.4) is 0 Å². The second-order valence-electron chi connectivity index (χ2n) is 8.58. The molecule has 1 nitrogen and oxygen atoms in total. The van der Waals surface area contributed by atoms with Gasteiger partial charge < -0.3 is 0 Å². The topological polar surface area (TPSA) is 17.1 Å². The number of carbonyl (C=O) groups is 1. The number of carbonyl (C=O) groups excluding carboxylic acids is 1. The maximum atomic E-state index is 13.5. The predicted octanol–water partition coefficient (Wildman–Crippen LogP) is 7.31. The van der Waals surface area contributed by atoms with Crippen molar-refractivity contribution in [2.75, 3.05) is 0 Å². The van der Waals surface area contributed by atoms with Crippen molar-refractivity contribution in [3.8, 4) is 0 Å². The molecule has 0 saturated carbocycles. The quantitative estimate of drug-likeness (QED) is 0.343. The second-order valence-corrected chi connectivity index (χ2v) is 8.58. The van der Waals surface area contributed by atoms with E-state index >= 15 is 0 Å². The van der Waals surface area contributed by atoms with Crippen molar-refractivity contribution in [2.24, 2.45) is 11.3 Å². The first-order valence-electron chi connectivity index (χ1n) is 10.3. The molecule has 0 saturated heterocycles. The molecule has 0 amide bonds. The number of Topliss-reactive ketones (excluding diaryl/α,β-unsaturated/α-hetero) is 1. The lowest BCUT2D eigenvalue weighted by molar-refractivity contribution is 0.0861. The molecule has 0 spiro atoms. The Morgan fingerprint density at radius 2 is 1.38 bits per heavy atom. The van der Waals surface area contributed by atoms with Crippen LogP contribution < -0.4 is 0 Å². The standard InChI is InChI=1S/C28H24O/c1-19-17-28(2,27(29)25-14-12-21-8-4-6-10-23(21)16-25)18-26(19)24-13-11-20-7-3-5-9-22(20)15-24/h3-16,18-19H,17H2,1-2H3/t19-,28+/m1/s1. The molecule has 4 aromatic rings. The Hall–Kier alpha value is -3.19. The van der Waals surface area contributed by atoms with Crippen LogP contribution in [0.4, 0.5) is 0 Å². The third kappa shape index (κ3) is 3.07. The van der Waals surface area contributed by atoms with Gasteiger partial charge in [0.25, 0.3) is 0 Å². The Kier molecular flexibility index (Phi) is 4.13. The smallest absolute Gasteiger partial charge is 0.172 e. The van der Waals surface area contributed by atoms with Crippen molar-refractivity contribution in [3.63, 3.8) is 0 Å². The Morgan fingerprint density at radius 1 is 0.793 bits per heavy atom. The zero-order valence-electron chi connectivity index (χ0n) is 16.9. The molecule has 0 unspecified atom stereocenters. The molecule has 0 bridgehead atoms. The minimum Gasteiger partial charge on any atom is -0.293 e. The van der Waals surface area contributed by atoms with E-state index in [0.29, 0.717) is 5.92 Å². The molecule has 142 valence electrons. The monoisotopic (exact) mass is 376 g/mol. The summed E-state index contributed by atoms with van der Waals surface area (Å²) in [4.78, 5) is 13.5. The molecule has 0 aliphatic heterocycles. The molecule has 1 aliphatic rings. The fourth-order valence-electron chi connectivity index (χ4n) is 4.85. The van der Waals surface area contributed by atoms with Crippen LogP contribution in [-0.2, 0) is 0 Å². The summed E-state index contributed by atoms with van der Waals surface area (Å²) < 4.78 is 0. The van der Waals surface area contributed by atoms with Crippen LogP contribution in [0.2, 0.25) is 0 Å². The summed E-state index contributed by atoms with van der Waals surface area (Å²) in [6.07, 6.45) is 3.07. The van der Waals surface area contributed by atoms with Crippen LogP contribution >= 0.6 is 0 Å². The maximum absolute atomic E-state index is 13.5. The van der Waals surface area contributed by atoms with E-state index in [1.807, 2.05) is 24.3 Å². The molecule has 0 fully saturated rings. The highest BCUT2D eigenvalue weighted by Crippen LogP contribution is 2.46. The summed E-state index contributed by atoms with van der Waals surface area (Å²) in [5.74, 6) is 0.566. The van der Waals surface area contributed by atoms with Gasteiger partial charge in [0.1, 0.15) is 0 Å². The van der Waals surface area contributed by atoms with Gasteiger partial charge in [0.2, 0.25) is 0 Å². The molecule has 29 heavy (non-hydrogen) atoms. The van der Waals surface area contributed by atoms with Crippen LogP contribution in [0.5, 0.6) is 0 Å². The predicted molar refractivity (Wildman–Crippen MR) is 122 cm³/mol. The molecule has 4 aromatic carbocycles. The number of fused-ring (bicyclic) bond motifs is 2. The van der Waals surface area contributed by atoms with Gasteiger partial charge in [0, 0.05) is 11.0 Å². The van der Waals surface area contributed by atoms with Gasteiger partial charge >= 0.3 is 0 Å². The minimum absolute atomic E-state index is 0.214. The van der Waals surface area contributed by atoms with Crippen LogP contribution in [0.25, 0.3) is 27.1 Å². The lowest BCUT2D eigenvalue weighted by Gasteiger charge is -2.21. The Balaban J connectivity index is 1.53. The third-order valence-corrected chi connectivity index (χ3v) is 6.35. The lowest BCUT2D eigenvalue weighted by Crippen LogP contribution is -2.24.